The van der Waals surface area contributed by atoms with Crippen LogP contribution in [0.2, 0.25) is 0 Å². The first-order valence-electron chi connectivity index (χ1n) is 9.19. The normalized spacial score (nSPS) is 10.7. The molecule has 4 aromatic rings. The number of carbonyl (C=O) groups is 2. The van der Waals surface area contributed by atoms with Crippen molar-refractivity contribution in [2.24, 2.45) is 0 Å². The predicted octanol–water partition coefficient (Wildman–Crippen LogP) is 4.17. The van der Waals surface area contributed by atoms with Crippen molar-refractivity contribution in [3.63, 3.8) is 0 Å². The summed E-state index contributed by atoms with van der Waals surface area (Å²) in [6.45, 7) is 1.88. The molecule has 29 heavy (non-hydrogen) atoms. The van der Waals surface area contributed by atoms with E-state index >= 15 is 0 Å². The lowest BCUT2D eigenvalue weighted by Gasteiger charge is -2.07. The van der Waals surface area contributed by atoms with Crippen LogP contribution in [0.15, 0.2) is 77.2 Å². The number of benzene rings is 3. The fourth-order valence-corrected chi connectivity index (χ4v) is 2.96. The molecule has 3 aromatic carbocycles. The minimum absolute atomic E-state index is 0.128. The van der Waals surface area contributed by atoms with Crippen LogP contribution >= 0.6 is 0 Å². The highest BCUT2D eigenvalue weighted by Gasteiger charge is 2.11. The third kappa shape index (κ3) is 4.32. The van der Waals surface area contributed by atoms with Crippen molar-refractivity contribution in [3.05, 3.63) is 83.9 Å². The van der Waals surface area contributed by atoms with Crippen LogP contribution in [-0.2, 0) is 4.79 Å². The van der Waals surface area contributed by atoms with Gasteiger partial charge >= 0.3 is 0 Å². The summed E-state index contributed by atoms with van der Waals surface area (Å²) < 4.78 is 5.86. The van der Waals surface area contributed by atoms with Gasteiger partial charge in [-0.15, -0.1) is 0 Å². The zero-order valence-electron chi connectivity index (χ0n) is 15.8. The highest BCUT2D eigenvalue weighted by atomic mass is 16.3. The summed E-state index contributed by atoms with van der Waals surface area (Å²) in [5.74, 6) is -0.0939. The van der Waals surface area contributed by atoms with Crippen LogP contribution in [0.4, 0.5) is 5.69 Å². The number of rotatable bonds is 5. The van der Waals surface area contributed by atoms with E-state index < -0.39 is 0 Å². The fraction of sp³-hybridized carbons (Fsp3) is 0.0870. The number of nitrogens with zero attached hydrogens (tertiary/aromatic N) is 1. The molecular formula is C23H19N3O3. The maximum Gasteiger partial charge on any atom is 0.251 e. The van der Waals surface area contributed by atoms with Gasteiger partial charge in [-0.3, -0.25) is 9.59 Å². The highest BCUT2D eigenvalue weighted by Crippen LogP contribution is 2.26. The van der Waals surface area contributed by atoms with Crippen LogP contribution in [0, 0.1) is 6.92 Å². The van der Waals surface area contributed by atoms with Gasteiger partial charge in [-0.05, 0) is 43.3 Å². The number of hydrogen-bond acceptors (Lipinski definition) is 4. The lowest BCUT2D eigenvalue weighted by Crippen LogP contribution is -2.32. The minimum atomic E-state index is -0.327. The summed E-state index contributed by atoms with van der Waals surface area (Å²) >= 11 is 0. The van der Waals surface area contributed by atoms with E-state index in [0.29, 0.717) is 28.2 Å². The number of nitrogens with one attached hydrogen (secondary N) is 2. The summed E-state index contributed by atoms with van der Waals surface area (Å²) in [6, 6.07) is 21.9. The van der Waals surface area contributed by atoms with Gasteiger partial charge in [-0.1, -0.05) is 35.9 Å². The van der Waals surface area contributed by atoms with Crippen molar-refractivity contribution in [1.82, 2.24) is 10.3 Å². The number of anilines is 1. The molecule has 0 atom stereocenters. The molecule has 0 aliphatic heterocycles. The molecule has 0 radical (unpaired) electrons. The molecule has 0 unspecified atom stereocenters. The van der Waals surface area contributed by atoms with Crippen LogP contribution in [0.5, 0.6) is 0 Å². The molecule has 0 fully saturated rings. The zero-order chi connectivity index (χ0) is 20.2. The average Bonchev–Trinajstić information content (AvgIpc) is 3.16. The van der Waals surface area contributed by atoms with Crippen LogP contribution in [-0.4, -0.2) is 23.3 Å². The molecule has 0 spiro atoms. The standard InChI is InChI=1S/C23H19N3O3/c1-15-6-5-9-17(12-15)23-26-19-11-10-18(13-20(19)29-23)25-21(27)14-24-22(28)16-7-3-2-4-8-16/h2-13H,14H2,1H3,(H,24,28)(H,25,27). The largest absolute Gasteiger partial charge is 0.436 e. The summed E-state index contributed by atoms with van der Waals surface area (Å²) in [5.41, 5.74) is 4.38. The molecule has 1 heterocycles. The Labute approximate surface area is 167 Å². The quantitative estimate of drug-likeness (QED) is 0.540. The van der Waals surface area contributed by atoms with E-state index in [2.05, 4.69) is 15.6 Å². The second-order valence-electron chi connectivity index (χ2n) is 6.67. The second-order valence-corrected chi connectivity index (χ2v) is 6.67. The van der Waals surface area contributed by atoms with E-state index in [1.165, 1.54) is 0 Å². The van der Waals surface area contributed by atoms with Crippen molar-refractivity contribution < 1.29 is 14.0 Å². The first kappa shape index (κ1) is 18.4. The molecule has 4 rings (SSSR count). The van der Waals surface area contributed by atoms with Crippen molar-refractivity contribution in [2.45, 2.75) is 6.92 Å². The van der Waals surface area contributed by atoms with E-state index in [-0.39, 0.29) is 18.4 Å². The van der Waals surface area contributed by atoms with Gasteiger partial charge in [0, 0.05) is 22.9 Å². The lowest BCUT2D eigenvalue weighted by atomic mass is 10.1. The summed E-state index contributed by atoms with van der Waals surface area (Å²) in [4.78, 5) is 28.7. The number of fused-ring (bicyclic) bond motifs is 1. The Kier molecular flexibility index (Phi) is 5.07. The maximum absolute atomic E-state index is 12.2. The van der Waals surface area contributed by atoms with E-state index in [9.17, 15) is 9.59 Å². The van der Waals surface area contributed by atoms with Gasteiger partial charge in [0.1, 0.15) is 5.52 Å². The van der Waals surface area contributed by atoms with E-state index in [1.807, 2.05) is 37.3 Å². The third-order valence-corrected chi connectivity index (χ3v) is 4.38. The van der Waals surface area contributed by atoms with Gasteiger partial charge in [-0.25, -0.2) is 4.98 Å². The average molecular weight is 385 g/mol. The van der Waals surface area contributed by atoms with E-state index in [4.69, 9.17) is 4.42 Å². The molecule has 6 nitrogen and oxygen atoms in total. The van der Waals surface area contributed by atoms with Crippen LogP contribution < -0.4 is 10.6 Å². The van der Waals surface area contributed by atoms with Crippen molar-refractivity contribution in [1.29, 1.82) is 0 Å². The Bertz CT molecular complexity index is 1180. The monoisotopic (exact) mass is 385 g/mol. The van der Waals surface area contributed by atoms with E-state index in [0.717, 1.165) is 11.1 Å². The number of aryl methyl sites for hydroxylation is 1. The Morgan fingerprint density at radius 1 is 0.966 bits per heavy atom. The Hall–Kier alpha value is -3.93. The summed E-state index contributed by atoms with van der Waals surface area (Å²) in [5, 5.41) is 5.36. The molecule has 144 valence electrons. The molecule has 0 saturated heterocycles. The number of hydrogen-bond donors (Lipinski definition) is 2. The van der Waals surface area contributed by atoms with Gasteiger partial charge < -0.3 is 15.1 Å². The van der Waals surface area contributed by atoms with Gasteiger partial charge in [0.25, 0.3) is 5.91 Å². The molecule has 2 amide bonds. The van der Waals surface area contributed by atoms with Crippen molar-refractivity contribution in [2.75, 3.05) is 11.9 Å². The first-order valence-corrected chi connectivity index (χ1v) is 9.19. The summed E-state index contributed by atoms with van der Waals surface area (Å²) in [6.07, 6.45) is 0. The molecule has 0 saturated carbocycles. The predicted molar refractivity (Wildman–Crippen MR) is 112 cm³/mol. The number of carbonyl (C=O) groups excluding carboxylic acids is 2. The van der Waals surface area contributed by atoms with Crippen LogP contribution in [0.25, 0.3) is 22.6 Å². The molecule has 1 aromatic heterocycles. The highest BCUT2D eigenvalue weighted by molar-refractivity contribution is 5.99. The smallest absolute Gasteiger partial charge is 0.251 e. The third-order valence-electron chi connectivity index (χ3n) is 4.38. The van der Waals surface area contributed by atoms with Crippen LogP contribution in [0.3, 0.4) is 0 Å². The topological polar surface area (TPSA) is 84.2 Å². The van der Waals surface area contributed by atoms with Gasteiger partial charge in [-0.2, -0.15) is 0 Å². The van der Waals surface area contributed by atoms with Gasteiger partial charge in [0.05, 0.1) is 6.54 Å². The molecule has 0 bridgehead atoms. The first-order chi connectivity index (χ1) is 14.1. The Morgan fingerprint density at radius 2 is 1.79 bits per heavy atom. The van der Waals surface area contributed by atoms with Gasteiger partial charge in [0.2, 0.25) is 11.8 Å². The SMILES string of the molecule is Cc1cccc(-c2nc3ccc(NC(=O)CNC(=O)c4ccccc4)cc3o2)c1. The van der Waals surface area contributed by atoms with Crippen LogP contribution in [0.1, 0.15) is 15.9 Å². The number of aromatic nitrogens is 1. The number of oxazole rings is 1. The molecule has 0 aliphatic rings. The Balaban J connectivity index is 1.43. The zero-order valence-corrected chi connectivity index (χ0v) is 15.8. The second kappa shape index (κ2) is 7.98. The van der Waals surface area contributed by atoms with Crippen molar-refractivity contribution in [3.8, 4) is 11.5 Å². The molecule has 0 aliphatic carbocycles. The minimum Gasteiger partial charge on any atom is -0.436 e. The molecular weight excluding hydrogens is 366 g/mol. The van der Waals surface area contributed by atoms with E-state index in [1.54, 1.807) is 42.5 Å². The van der Waals surface area contributed by atoms with Crippen molar-refractivity contribution >= 4 is 28.6 Å². The summed E-state index contributed by atoms with van der Waals surface area (Å²) in [7, 11) is 0. The number of amides is 2. The lowest BCUT2D eigenvalue weighted by molar-refractivity contribution is -0.115. The molecule has 6 heteroatoms. The Morgan fingerprint density at radius 3 is 2.59 bits per heavy atom. The fourth-order valence-electron chi connectivity index (χ4n) is 2.96. The maximum atomic E-state index is 12.2. The van der Waals surface area contributed by atoms with Gasteiger partial charge in [0.15, 0.2) is 5.58 Å². The molecule has 2 N–H and O–H groups in total.